The van der Waals surface area contributed by atoms with Gasteiger partial charge < -0.3 is 11.1 Å². The van der Waals surface area contributed by atoms with Crippen LogP contribution in [0.1, 0.15) is 24.1 Å². The lowest BCUT2D eigenvalue weighted by Crippen LogP contribution is -2.14. The molecule has 1 atom stereocenters. The minimum absolute atomic E-state index is 0.227. The molecule has 2 rings (SSSR count). The van der Waals surface area contributed by atoms with Crippen LogP contribution in [-0.2, 0) is 0 Å². The van der Waals surface area contributed by atoms with Crippen molar-refractivity contribution < 1.29 is 0 Å². The van der Waals surface area contributed by atoms with Gasteiger partial charge in [-0.05, 0) is 47.5 Å². The number of anilines is 1. The molecular weight excluding hydrogens is 328 g/mol. The number of hydrogen-bond acceptors (Lipinski definition) is 3. The summed E-state index contributed by atoms with van der Waals surface area (Å²) in [6, 6.07) is 8.24. The predicted octanol–water partition coefficient (Wildman–Crippen LogP) is 4.32. The number of halogens is 1. The first kappa shape index (κ1) is 13.5. The van der Waals surface area contributed by atoms with E-state index in [1.54, 1.807) is 11.3 Å². The van der Waals surface area contributed by atoms with Crippen LogP contribution >= 0.6 is 39.5 Å². The molecule has 0 radical (unpaired) electrons. The summed E-state index contributed by atoms with van der Waals surface area (Å²) in [4.78, 5) is 0.399. The Morgan fingerprint density at radius 3 is 2.83 bits per heavy atom. The molecule has 3 N–H and O–H groups in total. The Morgan fingerprint density at radius 2 is 2.22 bits per heavy atom. The third-order valence-electron chi connectivity index (χ3n) is 2.66. The smallest absolute Gasteiger partial charge is 0.106 e. The first-order valence-electron chi connectivity index (χ1n) is 5.46. The lowest BCUT2D eigenvalue weighted by Gasteiger charge is -2.17. The second kappa shape index (κ2) is 5.82. The van der Waals surface area contributed by atoms with Gasteiger partial charge in [0.05, 0.1) is 0 Å². The molecule has 0 fully saturated rings. The minimum Gasteiger partial charge on any atom is -0.389 e. The van der Waals surface area contributed by atoms with Crippen LogP contribution in [0.4, 0.5) is 5.69 Å². The average Bonchev–Trinajstić information content (AvgIpc) is 2.84. The highest BCUT2D eigenvalue weighted by atomic mass is 79.9. The normalized spacial score (nSPS) is 12.1. The van der Waals surface area contributed by atoms with Gasteiger partial charge in [0.2, 0.25) is 0 Å². The monoisotopic (exact) mass is 340 g/mol. The van der Waals surface area contributed by atoms with Crippen molar-refractivity contribution in [1.82, 2.24) is 0 Å². The van der Waals surface area contributed by atoms with Gasteiger partial charge in [0, 0.05) is 21.8 Å². The fourth-order valence-corrected chi connectivity index (χ4v) is 2.97. The van der Waals surface area contributed by atoms with Crippen molar-refractivity contribution in [3.8, 4) is 0 Å². The zero-order valence-corrected chi connectivity index (χ0v) is 13.0. The van der Waals surface area contributed by atoms with Crippen LogP contribution in [0.2, 0.25) is 0 Å². The van der Waals surface area contributed by atoms with E-state index in [2.05, 4.69) is 45.0 Å². The molecule has 0 aliphatic rings. The molecule has 0 spiro atoms. The summed E-state index contributed by atoms with van der Waals surface area (Å²) in [5.41, 5.74) is 8.84. The topological polar surface area (TPSA) is 38.0 Å². The fraction of sp³-hybridized carbons (Fsp3) is 0.154. The summed E-state index contributed by atoms with van der Waals surface area (Å²) in [5.74, 6) is 0. The highest BCUT2D eigenvalue weighted by Crippen LogP contribution is 2.26. The SMILES string of the molecule is CC(Nc1ccc(Br)cc1C(N)=S)c1ccsc1. The number of nitrogens with two attached hydrogens (primary N) is 1. The van der Waals surface area contributed by atoms with Crippen molar-refractivity contribution in [2.24, 2.45) is 5.73 Å². The van der Waals surface area contributed by atoms with Crippen molar-refractivity contribution >= 4 is 50.2 Å². The number of rotatable bonds is 4. The summed E-state index contributed by atoms with van der Waals surface area (Å²) < 4.78 is 0.971. The third kappa shape index (κ3) is 3.10. The van der Waals surface area contributed by atoms with Crippen molar-refractivity contribution in [2.75, 3.05) is 5.32 Å². The average molecular weight is 341 g/mol. The lowest BCUT2D eigenvalue weighted by atomic mass is 10.1. The van der Waals surface area contributed by atoms with E-state index in [9.17, 15) is 0 Å². The molecule has 1 unspecified atom stereocenters. The first-order chi connectivity index (χ1) is 8.58. The molecule has 0 bridgehead atoms. The highest BCUT2D eigenvalue weighted by molar-refractivity contribution is 9.10. The molecule has 0 aliphatic heterocycles. The maximum Gasteiger partial charge on any atom is 0.106 e. The maximum absolute atomic E-state index is 5.75. The van der Waals surface area contributed by atoms with Crippen LogP contribution in [0.15, 0.2) is 39.5 Å². The van der Waals surface area contributed by atoms with Crippen molar-refractivity contribution in [1.29, 1.82) is 0 Å². The first-order valence-corrected chi connectivity index (χ1v) is 7.60. The van der Waals surface area contributed by atoms with E-state index >= 15 is 0 Å². The highest BCUT2D eigenvalue weighted by Gasteiger charge is 2.10. The Morgan fingerprint density at radius 1 is 1.44 bits per heavy atom. The van der Waals surface area contributed by atoms with Crippen molar-refractivity contribution in [3.05, 3.63) is 50.6 Å². The summed E-state index contributed by atoms with van der Waals surface area (Å²) >= 11 is 10.2. The molecule has 0 saturated carbocycles. The molecule has 94 valence electrons. The predicted molar refractivity (Wildman–Crippen MR) is 86.4 cm³/mol. The van der Waals surface area contributed by atoms with Crippen molar-refractivity contribution in [2.45, 2.75) is 13.0 Å². The van der Waals surface area contributed by atoms with Crippen LogP contribution in [0, 0.1) is 0 Å². The molecule has 1 heterocycles. The van der Waals surface area contributed by atoms with E-state index < -0.39 is 0 Å². The summed E-state index contributed by atoms with van der Waals surface area (Å²) in [6.45, 7) is 2.12. The largest absolute Gasteiger partial charge is 0.389 e. The summed E-state index contributed by atoms with van der Waals surface area (Å²) in [6.07, 6.45) is 0. The molecular formula is C13H13BrN2S2. The quantitative estimate of drug-likeness (QED) is 0.814. The molecule has 0 saturated heterocycles. The van der Waals surface area contributed by atoms with E-state index in [1.807, 2.05) is 18.2 Å². The molecule has 0 amide bonds. The van der Waals surface area contributed by atoms with Gasteiger partial charge in [0.1, 0.15) is 4.99 Å². The van der Waals surface area contributed by atoms with Gasteiger partial charge in [0.15, 0.2) is 0 Å². The van der Waals surface area contributed by atoms with Gasteiger partial charge in [-0.2, -0.15) is 11.3 Å². The van der Waals surface area contributed by atoms with Gasteiger partial charge in [-0.1, -0.05) is 28.1 Å². The van der Waals surface area contributed by atoms with Gasteiger partial charge in [-0.25, -0.2) is 0 Å². The Kier molecular flexibility index (Phi) is 4.37. The van der Waals surface area contributed by atoms with Crippen LogP contribution in [-0.4, -0.2) is 4.99 Å². The number of benzene rings is 1. The Labute approximate surface area is 124 Å². The van der Waals surface area contributed by atoms with E-state index in [1.165, 1.54) is 5.56 Å². The standard InChI is InChI=1S/C13H13BrN2S2/c1-8(9-4-5-18-7-9)16-12-3-2-10(14)6-11(12)13(15)17/h2-8,16H,1H3,(H2,15,17). The van der Waals surface area contributed by atoms with Crippen molar-refractivity contribution in [3.63, 3.8) is 0 Å². The van der Waals surface area contributed by atoms with E-state index in [0.717, 1.165) is 15.7 Å². The Bertz CT molecular complexity index is 552. The number of thiocarbonyl (C=S) groups is 1. The number of nitrogens with one attached hydrogen (secondary N) is 1. The third-order valence-corrected chi connectivity index (χ3v) is 4.08. The zero-order valence-electron chi connectivity index (χ0n) is 9.81. The van der Waals surface area contributed by atoms with Gasteiger partial charge >= 0.3 is 0 Å². The number of thiophene rings is 1. The van der Waals surface area contributed by atoms with E-state index in [0.29, 0.717) is 4.99 Å². The summed E-state index contributed by atoms with van der Waals surface area (Å²) in [5, 5.41) is 7.65. The maximum atomic E-state index is 5.75. The zero-order chi connectivity index (χ0) is 13.1. The van der Waals surface area contributed by atoms with Gasteiger partial charge in [0.25, 0.3) is 0 Å². The number of hydrogen-bond donors (Lipinski definition) is 2. The lowest BCUT2D eigenvalue weighted by molar-refractivity contribution is 0.890. The Hall–Kier alpha value is -0.910. The molecule has 1 aromatic carbocycles. The Balaban J connectivity index is 2.26. The molecule has 1 aromatic heterocycles. The molecule has 18 heavy (non-hydrogen) atoms. The summed E-state index contributed by atoms with van der Waals surface area (Å²) in [7, 11) is 0. The van der Waals surface area contributed by atoms with Crippen LogP contribution < -0.4 is 11.1 Å². The molecule has 5 heteroatoms. The molecule has 2 nitrogen and oxygen atoms in total. The fourth-order valence-electron chi connectivity index (χ4n) is 1.68. The van der Waals surface area contributed by atoms with Gasteiger partial charge in [-0.15, -0.1) is 0 Å². The van der Waals surface area contributed by atoms with Crippen LogP contribution in [0.3, 0.4) is 0 Å². The minimum atomic E-state index is 0.227. The second-order valence-corrected chi connectivity index (χ2v) is 6.11. The van der Waals surface area contributed by atoms with Crippen LogP contribution in [0.5, 0.6) is 0 Å². The molecule has 2 aromatic rings. The van der Waals surface area contributed by atoms with Gasteiger partial charge in [-0.3, -0.25) is 0 Å². The van der Waals surface area contributed by atoms with Crippen LogP contribution in [0.25, 0.3) is 0 Å². The molecule has 0 aliphatic carbocycles. The second-order valence-electron chi connectivity index (χ2n) is 3.98. The van der Waals surface area contributed by atoms with E-state index in [4.69, 9.17) is 18.0 Å². The van der Waals surface area contributed by atoms with E-state index in [-0.39, 0.29) is 6.04 Å².